The van der Waals surface area contributed by atoms with E-state index >= 15 is 0 Å². The molecule has 0 aromatic heterocycles. The Balaban J connectivity index is 4.93. The highest BCUT2D eigenvalue weighted by atomic mass is 15.1. The van der Waals surface area contributed by atoms with Crippen LogP contribution in [0.2, 0.25) is 0 Å². The SMILES string of the molecule is CCC(C)(C#CC(C)CC(C)(CC)CC(C)N=[N+]=[N-])CC(C)C. The average Bonchev–Trinajstić information content (AvgIpc) is 2.44. The molecule has 0 saturated heterocycles. The molecule has 3 heteroatoms. The lowest BCUT2D eigenvalue weighted by Crippen LogP contribution is -2.23. The van der Waals surface area contributed by atoms with E-state index in [0.29, 0.717) is 11.8 Å². The largest absolute Gasteiger partial charge is 0.0996 e. The van der Waals surface area contributed by atoms with Gasteiger partial charge in [0.25, 0.3) is 0 Å². The third-order valence-electron chi connectivity index (χ3n) is 4.95. The number of nitrogens with zero attached hydrogens (tertiary/aromatic N) is 3. The smallest absolute Gasteiger partial charge is 0.0351 e. The van der Waals surface area contributed by atoms with Gasteiger partial charge in [0.2, 0.25) is 0 Å². The maximum atomic E-state index is 8.60. The Morgan fingerprint density at radius 2 is 1.61 bits per heavy atom. The summed E-state index contributed by atoms with van der Waals surface area (Å²) in [7, 11) is 0. The van der Waals surface area contributed by atoms with Gasteiger partial charge < -0.3 is 0 Å². The van der Waals surface area contributed by atoms with Gasteiger partial charge in [-0.2, -0.15) is 0 Å². The molecule has 0 bridgehead atoms. The van der Waals surface area contributed by atoms with Gasteiger partial charge in [-0.15, -0.1) is 0 Å². The predicted molar refractivity (Wildman–Crippen MR) is 101 cm³/mol. The molecule has 3 nitrogen and oxygen atoms in total. The standard InChI is InChI=1S/C20H37N3/c1-9-19(7,13-16(3)4)12-11-17(5)14-20(8,10-2)15-18(6)22-23-21/h16-18H,9-10,13-15H2,1-8H3. The second-order valence-electron chi connectivity index (χ2n) is 8.31. The predicted octanol–water partition coefficient (Wildman–Crippen LogP) is 6.98. The lowest BCUT2D eigenvalue weighted by molar-refractivity contribution is 0.224. The fourth-order valence-corrected chi connectivity index (χ4v) is 3.49. The van der Waals surface area contributed by atoms with Crippen LogP contribution < -0.4 is 0 Å². The molecule has 0 aliphatic heterocycles. The zero-order chi connectivity index (χ0) is 18.1. The van der Waals surface area contributed by atoms with Gasteiger partial charge in [-0.3, -0.25) is 0 Å². The fraction of sp³-hybridized carbons (Fsp3) is 0.900. The summed E-state index contributed by atoms with van der Waals surface area (Å²) in [5.74, 6) is 8.14. The van der Waals surface area contributed by atoms with Gasteiger partial charge in [-0.1, -0.05) is 71.8 Å². The Bertz CT molecular complexity index is 453. The minimum Gasteiger partial charge on any atom is -0.0996 e. The summed E-state index contributed by atoms with van der Waals surface area (Å²) < 4.78 is 0. The van der Waals surface area contributed by atoms with Crippen LogP contribution in [0.3, 0.4) is 0 Å². The molecule has 0 rings (SSSR count). The van der Waals surface area contributed by atoms with Crippen LogP contribution in [0.25, 0.3) is 10.4 Å². The third-order valence-corrected chi connectivity index (χ3v) is 4.95. The van der Waals surface area contributed by atoms with Crippen LogP contribution in [0.15, 0.2) is 5.11 Å². The first-order valence-electron chi connectivity index (χ1n) is 9.16. The van der Waals surface area contributed by atoms with Crippen molar-refractivity contribution >= 4 is 0 Å². The lowest BCUT2D eigenvalue weighted by atomic mass is 9.74. The van der Waals surface area contributed by atoms with Gasteiger partial charge in [0.1, 0.15) is 0 Å². The van der Waals surface area contributed by atoms with Crippen molar-refractivity contribution in [2.75, 3.05) is 0 Å². The van der Waals surface area contributed by atoms with Gasteiger partial charge in [0, 0.05) is 22.3 Å². The highest BCUT2D eigenvalue weighted by molar-refractivity contribution is 5.12. The molecule has 0 saturated carbocycles. The van der Waals surface area contributed by atoms with Crippen LogP contribution in [0.5, 0.6) is 0 Å². The Hall–Kier alpha value is -1.13. The molecule has 0 heterocycles. The van der Waals surface area contributed by atoms with Crippen molar-refractivity contribution in [3.63, 3.8) is 0 Å². The minimum absolute atomic E-state index is 0.0481. The molecule has 0 aromatic rings. The second-order valence-corrected chi connectivity index (χ2v) is 8.31. The van der Waals surface area contributed by atoms with Crippen molar-refractivity contribution in [2.24, 2.45) is 27.8 Å². The maximum absolute atomic E-state index is 8.60. The fourth-order valence-electron chi connectivity index (χ4n) is 3.49. The molecular weight excluding hydrogens is 282 g/mol. The quantitative estimate of drug-likeness (QED) is 0.190. The van der Waals surface area contributed by atoms with E-state index in [-0.39, 0.29) is 16.9 Å². The molecule has 0 fully saturated rings. The van der Waals surface area contributed by atoms with Crippen molar-refractivity contribution in [1.29, 1.82) is 0 Å². The number of azide groups is 1. The molecule has 4 atom stereocenters. The van der Waals surface area contributed by atoms with Gasteiger partial charge in [-0.05, 0) is 49.5 Å². The van der Waals surface area contributed by atoms with E-state index in [0.717, 1.165) is 32.1 Å². The van der Waals surface area contributed by atoms with Gasteiger partial charge >= 0.3 is 0 Å². The maximum Gasteiger partial charge on any atom is 0.0351 e. The Labute approximate surface area is 144 Å². The van der Waals surface area contributed by atoms with Gasteiger partial charge in [-0.25, -0.2) is 0 Å². The summed E-state index contributed by atoms with van der Waals surface area (Å²) in [5.41, 5.74) is 8.91. The molecule has 0 aliphatic rings. The summed E-state index contributed by atoms with van der Waals surface area (Å²) in [4.78, 5) is 2.94. The molecule has 0 radical (unpaired) electrons. The highest BCUT2D eigenvalue weighted by Crippen LogP contribution is 2.36. The van der Waals surface area contributed by atoms with Crippen LogP contribution in [0, 0.1) is 34.5 Å². The van der Waals surface area contributed by atoms with Gasteiger partial charge in [0.05, 0.1) is 0 Å². The molecule has 132 valence electrons. The zero-order valence-electron chi connectivity index (χ0n) is 16.6. The number of hydrogen-bond acceptors (Lipinski definition) is 1. The first-order chi connectivity index (χ1) is 10.6. The molecule has 0 N–H and O–H groups in total. The Morgan fingerprint density at radius 1 is 1.00 bits per heavy atom. The monoisotopic (exact) mass is 319 g/mol. The first-order valence-corrected chi connectivity index (χ1v) is 9.16. The summed E-state index contributed by atoms with van der Waals surface area (Å²) in [6.45, 7) is 17.8. The minimum atomic E-state index is 0.0481. The van der Waals surface area contributed by atoms with Crippen molar-refractivity contribution in [3.8, 4) is 11.8 Å². The van der Waals surface area contributed by atoms with Crippen LogP contribution >= 0.6 is 0 Å². The van der Waals surface area contributed by atoms with Crippen molar-refractivity contribution in [1.82, 2.24) is 0 Å². The number of rotatable bonds is 9. The van der Waals surface area contributed by atoms with Crippen molar-refractivity contribution < 1.29 is 0 Å². The topological polar surface area (TPSA) is 48.8 Å². The van der Waals surface area contributed by atoms with Crippen LogP contribution in [-0.2, 0) is 0 Å². The highest BCUT2D eigenvalue weighted by Gasteiger charge is 2.27. The van der Waals surface area contributed by atoms with E-state index in [2.05, 4.69) is 70.3 Å². The number of hydrogen-bond donors (Lipinski definition) is 0. The average molecular weight is 320 g/mol. The Kier molecular flexibility index (Phi) is 9.40. The third kappa shape index (κ3) is 8.92. The normalized spacial score (nSPS) is 18.8. The Morgan fingerprint density at radius 3 is 2.04 bits per heavy atom. The molecule has 23 heavy (non-hydrogen) atoms. The summed E-state index contributed by atoms with van der Waals surface area (Å²) >= 11 is 0. The summed E-state index contributed by atoms with van der Waals surface area (Å²) in [6.07, 6.45) is 5.33. The molecular formula is C20H37N3. The summed E-state index contributed by atoms with van der Waals surface area (Å²) in [6, 6.07) is 0.0481. The van der Waals surface area contributed by atoms with E-state index in [9.17, 15) is 0 Å². The van der Waals surface area contributed by atoms with Crippen LogP contribution in [-0.4, -0.2) is 6.04 Å². The molecule has 4 unspecified atom stereocenters. The van der Waals surface area contributed by atoms with E-state index in [4.69, 9.17) is 5.53 Å². The van der Waals surface area contributed by atoms with Crippen molar-refractivity contribution in [2.45, 2.75) is 93.5 Å². The van der Waals surface area contributed by atoms with E-state index < -0.39 is 0 Å². The molecule has 0 spiro atoms. The van der Waals surface area contributed by atoms with E-state index in [1.807, 2.05) is 6.92 Å². The van der Waals surface area contributed by atoms with E-state index in [1.165, 1.54) is 0 Å². The lowest BCUT2D eigenvalue weighted by Gasteiger charge is -2.31. The van der Waals surface area contributed by atoms with Gasteiger partial charge in [0.15, 0.2) is 0 Å². The summed E-state index contributed by atoms with van der Waals surface area (Å²) in [5, 5.41) is 3.84. The zero-order valence-corrected chi connectivity index (χ0v) is 16.6. The first kappa shape index (κ1) is 21.9. The second kappa shape index (κ2) is 9.89. The molecule has 0 amide bonds. The molecule has 0 aromatic carbocycles. The van der Waals surface area contributed by atoms with E-state index in [1.54, 1.807) is 0 Å². The van der Waals surface area contributed by atoms with Crippen molar-refractivity contribution in [3.05, 3.63) is 10.4 Å². The molecule has 0 aliphatic carbocycles. The van der Waals surface area contributed by atoms with Crippen LogP contribution in [0.1, 0.15) is 87.5 Å². The van der Waals surface area contributed by atoms with Crippen LogP contribution in [0.4, 0.5) is 0 Å².